The van der Waals surface area contributed by atoms with Crippen LogP contribution in [0, 0.1) is 5.92 Å². The second kappa shape index (κ2) is 5.79. The van der Waals surface area contributed by atoms with Crippen molar-refractivity contribution in [2.24, 2.45) is 5.92 Å². The predicted octanol–water partition coefficient (Wildman–Crippen LogP) is 0.370. The van der Waals surface area contributed by atoms with Crippen molar-refractivity contribution in [2.75, 3.05) is 26.2 Å². The van der Waals surface area contributed by atoms with Crippen molar-refractivity contribution >= 4 is 16.2 Å². The van der Waals surface area contributed by atoms with E-state index in [0.717, 1.165) is 0 Å². The number of rotatable bonds is 5. The zero-order valence-corrected chi connectivity index (χ0v) is 11.1. The molecule has 17 heavy (non-hydrogen) atoms. The lowest BCUT2D eigenvalue weighted by molar-refractivity contribution is -0.142. The number of hydrogen-bond donors (Lipinski definition) is 1. The molecule has 100 valence electrons. The van der Waals surface area contributed by atoms with Gasteiger partial charge in [0.25, 0.3) is 10.2 Å². The van der Waals surface area contributed by atoms with Gasteiger partial charge in [0.1, 0.15) is 0 Å². The Morgan fingerprint density at radius 1 is 1.41 bits per heavy atom. The topological polar surface area (TPSA) is 77.9 Å². The average Bonchev–Trinajstić information content (AvgIpc) is 2.30. The van der Waals surface area contributed by atoms with E-state index >= 15 is 0 Å². The third-order valence-electron chi connectivity index (χ3n) is 3.09. The number of carboxylic acid groups (broad SMARTS) is 1. The molecule has 0 aliphatic carbocycles. The van der Waals surface area contributed by atoms with E-state index < -0.39 is 22.1 Å². The fourth-order valence-corrected chi connectivity index (χ4v) is 3.77. The van der Waals surface area contributed by atoms with E-state index in [2.05, 4.69) is 0 Å². The highest BCUT2D eigenvalue weighted by Crippen LogP contribution is 2.21. The Labute approximate surface area is 102 Å². The molecule has 7 heteroatoms. The summed E-state index contributed by atoms with van der Waals surface area (Å²) in [5.41, 5.74) is 0. The lowest BCUT2D eigenvalue weighted by Gasteiger charge is -2.33. The van der Waals surface area contributed by atoms with Crippen LogP contribution < -0.4 is 0 Å². The molecule has 1 atom stereocenters. The lowest BCUT2D eigenvalue weighted by atomic mass is 10.0. The third-order valence-corrected chi connectivity index (χ3v) is 5.24. The molecular formula is C10H20N2O4S. The molecular weight excluding hydrogens is 244 g/mol. The summed E-state index contributed by atoms with van der Waals surface area (Å²) in [4.78, 5) is 10.9. The highest BCUT2D eigenvalue weighted by Gasteiger charge is 2.34. The van der Waals surface area contributed by atoms with Crippen LogP contribution in [0.25, 0.3) is 0 Å². The average molecular weight is 264 g/mol. The molecule has 1 saturated heterocycles. The van der Waals surface area contributed by atoms with Crippen molar-refractivity contribution in [2.45, 2.75) is 26.7 Å². The van der Waals surface area contributed by atoms with E-state index in [9.17, 15) is 13.2 Å². The Kier molecular flexibility index (Phi) is 4.91. The van der Waals surface area contributed by atoms with Crippen LogP contribution in [0.2, 0.25) is 0 Å². The maximum absolute atomic E-state index is 12.2. The number of carboxylic acids is 1. The monoisotopic (exact) mass is 264 g/mol. The van der Waals surface area contributed by atoms with Gasteiger partial charge in [-0.15, -0.1) is 0 Å². The highest BCUT2D eigenvalue weighted by atomic mass is 32.2. The van der Waals surface area contributed by atoms with Gasteiger partial charge in [0.2, 0.25) is 0 Å². The van der Waals surface area contributed by atoms with E-state index in [0.29, 0.717) is 32.5 Å². The van der Waals surface area contributed by atoms with E-state index in [1.807, 2.05) is 0 Å². The van der Waals surface area contributed by atoms with Crippen molar-refractivity contribution in [3.05, 3.63) is 0 Å². The zero-order valence-electron chi connectivity index (χ0n) is 10.3. The summed E-state index contributed by atoms with van der Waals surface area (Å²) in [5, 5.41) is 8.94. The second-order valence-electron chi connectivity index (χ2n) is 4.13. The van der Waals surface area contributed by atoms with Gasteiger partial charge in [0, 0.05) is 26.2 Å². The van der Waals surface area contributed by atoms with Crippen molar-refractivity contribution in [1.29, 1.82) is 0 Å². The molecule has 1 N–H and O–H groups in total. The molecule has 1 aliphatic heterocycles. The maximum atomic E-state index is 12.2. The fourth-order valence-electron chi connectivity index (χ4n) is 2.07. The summed E-state index contributed by atoms with van der Waals surface area (Å²) in [7, 11) is -3.49. The molecule has 6 nitrogen and oxygen atoms in total. The Morgan fingerprint density at radius 3 is 2.47 bits per heavy atom. The molecule has 0 amide bonds. The molecule has 0 aromatic rings. The molecule has 1 unspecified atom stereocenters. The van der Waals surface area contributed by atoms with Crippen LogP contribution in [-0.2, 0) is 15.0 Å². The zero-order chi connectivity index (χ0) is 13.1. The summed E-state index contributed by atoms with van der Waals surface area (Å²) >= 11 is 0. The largest absolute Gasteiger partial charge is 0.481 e. The van der Waals surface area contributed by atoms with Crippen molar-refractivity contribution in [1.82, 2.24) is 8.61 Å². The van der Waals surface area contributed by atoms with Crippen LogP contribution in [0.4, 0.5) is 0 Å². The van der Waals surface area contributed by atoms with Gasteiger partial charge in [0.15, 0.2) is 0 Å². The number of aliphatic carboxylic acids is 1. The van der Waals surface area contributed by atoms with E-state index in [4.69, 9.17) is 5.11 Å². The summed E-state index contributed by atoms with van der Waals surface area (Å²) in [6.07, 6.45) is 1.16. The summed E-state index contributed by atoms with van der Waals surface area (Å²) < 4.78 is 27.0. The first-order valence-electron chi connectivity index (χ1n) is 5.91. The SMILES string of the molecule is CCN(CC)S(=O)(=O)N1CCCC(C(=O)O)C1. The summed E-state index contributed by atoms with van der Waals surface area (Å²) in [6, 6.07) is 0. The normalized spacial score (nSPS) is 22.9. The smallest absolute Gasteiger partial charge is 0.307 e. The molecule has 0 bridgehead atoms. The molecule has 0 radical (unpaired) electrons. The van der Waals surface area contributed by atoms with Gasteiger partial charge < -0.3 is 5.11 Å². The number of hydrogen-bond acceptors (Lipinski definition) is 3. The van der Waals surface area contributed by atoms with Gasteiger partial charge in [-0.2, -0.15) is 17.0 Å². The standard InChI is InChI=1S/C10H20N2O4S/c1-3-11(4-2)17(15,16)12-7-5-6-9(8-12)10(13)14/h9H,3-8H2,1-2H3,(H,13,14). The third kappa shape index (κ3) is 3.17. The number of piperidine rings is 1. The molecule has 0 aromatic heterocycles. The van der Waals surface area contributed by atoms with Crippen LogP contribution >= 0.6 is 0 Å². The van der Waals surface area contributed by atoms with E-state index in [-0.39, 0.29) is 6.54 Å². The van der Waals surface area contributed by atoms with Crippen LogP contribution in [0.1, 0.15) is 26.7 Å². The Hall–Kier alpha value is -0.660. The number of nitrogens with zero attached hydrogens (tertiary/aromatic N) is 2. The van der Waals surface area contributed by atoms with E-state index in [1.54, 1.807) is 13.8 Å². The predicted molar refractivity (Wildman–Crippen MR) is 63.8 cm³/mol. The van der Waals surface area contributed by atoms with E-state index in [1.165, 1.54) is 8.61 Å². The van der Waals surface area contributed by atoms with Crippen molar-refractivity contribution in [3.63, 3.8) is 0 Å². The van der Waals surface area contributed by atoms with Gasteiger partial charge in [-0.25, -0.2) is 0 Å². The Morgan fingerprint density at radius 2 is 2.00 bits per heavy atom. The minimum absolute atomic E-state index is 0.0914. The summed E-state index contributed by atoms with van der Waals surface area (Å²) in [6.45, 7) is 4.89. The van der Waals surface area contributed by atoms with Crippen molar-refractivity contribution in [3.8, 4) is 0 Å². The molecule has 0 aromatic carbocycles. The van der Waals surface area contributed by atoms with Crippen LogP contribution in [0.3, 0.4) is 0 Å². The fraction of sp³-hybridized carbons (Fsp3) is 0.900. The molecule has 1 aliphatic rings. The summed E-state index contributed by atoms with van der Waals surface area (Å²) in [5.74, 6) is -1.49. The first kappa shape index (κ1) is 14.4. The first-order chi connectivity index (χ1) is 7.93. The van der Waals surface area contributed by atoms with Gasteiger partial charge in [-0.1, -0.05) is 13.8 Å². The molecule has 1 rings (SSSR count). The van der Waals surface area contributed by atoms with Gasteiger partial charge in [-0.3, -0.25) is 4.79 Å². The maximum Gasteiger partial charge on any atom is 0.307 e. The van der Waals surface area contributed by atoms with Crippen LogP contribution in [0.5, 0.6) is 0 Å². The van der Waals surface area contributed by atoms with Gasteiger partial charge >= 0.3 is 5.97 Å². The highest BCUT2D eigenvalue weighted by molar-refractivity contribution is 7.86. The molecule has 1 fully saturated rings. The Bertz CT molecular complexity index is 365. The number of carbonyl (C=O) groups is 1. The van der Waals surface area contributed by atoms with Crippen molar-refractivity contribution < 1.29 is 18.3 Å². The lowest BCUT2D eigenvalue weighted by Crippen LogP contribution is -2.49. The first-order valence-corrected chi connectivity index (χ1v) is 7.31. The molecule has 0 spiro atoms. The second-order valence-corrected chi connectivity index (χ2v) is 6.06. The molecule has 0 saturated carbocycles. The van der Waals surface area contributed by atoms with Crippen LogP contribution in [0.15, 0.2) is 0 Å². The minimum Gasteiger partial charge on any atom is -0.481 e. The quantitative estimate of drug-likeness (QED) is 0.778. The van der Waals surface area contributed by atoms with Crippen LogP contribution in [-0.4, -0.2) is 54.3 Å². The van der Waals surface area contributed by atoms with Gasteiger partial charge in [-0.05, 0) is 12.8 Å². The molecule has 1 heterocycles. The minimum atomic E-state index is -3.49. The van der Waals surface area contributed by atoms with Gasteiger partial charge in [0.05, 0.1) is 5.92 Å². The Balaban J connectivity index is 2.81.